The number of anilines is 1. The minimum atomic E-state index is -4.61. The number of para-hydroxylation sites is 1. The van der Waals surface area contributed by atoms with Gasteiger partial charge in [0, 0.05) is 0 Å². The zero-order valence-electron chi connectivity index (χ0n) is 29.9. The molecule has 0 bridgehead atoms. The molecule has 2 aromatic heterocycles. The Balaban J connectivity index is 1.44. The molecule has 3 N–H and O–H groups in total. The number of nitrogens with one attached hydrogen (secondary N) is 1. The summed E-state index contributed by atoms with van der Waals surface area (Å²) in [6.45, 7) is 3.79. The molecule has 0 amide bonds. The van der Waals surface area contributed by atoms with Crippen molar-refractivity contribution >= 4 is 37.0 Å². The van der Waals surface area contributed by atoms with Gasteiger partial charge < -0.3 is 29.2 Å². The van der Waals surface area contributed by atoms with Gasteiger partial charge in [-0.2, -0.15) is 15.4 Å². The van der Waals surface area contributed by atoms with E-state index in [2.05, 4.69) is 15.2 Å². The lowest BCUT2D eigenvalue weighted by atomic mass is 9.95. The fraction of sp³-hybridized carbons (Fsp3) is 0.263. The second-order valence-corrected chi connectivity index (χ2v) is 14.4. The number of carbonyl (C=O) groups is 3. The second kappa shape index (κ2) is 16.5. The summed E-state index contributed by atoms with van der Waals surface area (Å²) < 4.78 is 51.5. The number of nitrogens with zero attached hydrogens (tertiary/aromatic N) is 4. The molecule has 3 aromatic carbocycles. The molecule has 284 valence electrons. The van der Waals surface area contributed by atoms with Crippen molar-refractivity contribution in [2.45, 2.75) is 56.8 Å². The minimum absolute atomic E-state index is 0.0950. The van der Waals surface area contributed by atoms with E-state index in [1.54, 1.807) is 80.6 Å². The Morgan fingerprint density at radius 1 is 0.927 bits per heavy atom. The summed E-state index contributed by atoms with van der Waals surface area (Å²) in [6.07, 6.45) is -3.93. The fourth-order valence-corrected chi connectivity index (χ4v) is 7.29. The Hall–Kier alpha value is -6.11. The molecule has 16 nitrogen and oxygen atoms in total. The molecule has 1 aliphatic rings. The lowest BCUT2D eigenvalue weighted by Crippen LogP contribution is -2.50. The molecule has 1 aliphatic heterocycles. The molecule has 6 atom stereocenters. The highest BCUT2D eigenvalue weighted by atomic mass is 31.2. The number of aromatic nitrogens is 3. The number of benzene rings is 3. The van der Waals surface area contributed by atoms with E-state index in [0.29, 0.717) is 5.52 Å². The third-order valence-electron chi connectivity index (χ3n) is 8.36. The van der Waals surface area contributed by atoms with Crippen molar-refractivity contribution < 1.29 is 46.9 Å². The number of rotatable bonds is 14. The molecule has 0 aliphatic carbocycles. The number of carbonyl (C=O) groups excluding carboxylic acids is 3. The first-order valence-electron chi connectivity index (χ1n) is 17.1. The van der Waals surface area contributed by atoms with Gasteiger partial charge in [0.2, 0.25) is 5.60 Å². The standard InChI is InChI=1S/C38H37N6O10P/c1-24(2)50-35(45)25(3)43-55(48,54-28-17-11-6-12-18-28)49-22-38(21-39)33(52-37(47)27-15-9-5-10-16-27)32(51-36(46)26-13-7-4-8-14-26)31(53-38)29-19-20-30-34(40)41-23-42-44(29)30/h4-20,23-25,31-33H,22H2,1-3H3,(H,43,48)(H2,40,41,42)/t25-,31-,32-,33-,38+,55-/m0/s1. The van der Waals surface area contributed by atoms with E-state index >= 15 is 0 Å². The van der Waals surface area contributed by atoms with Crippen molar-refractivity contribution in [3.63, 3.8) is 0 Å². The Kier molecular flexibility index (Phi) is 11.6. The van der Waals surface area contributed by atoms with Crippen LogP contribution in [0.1, 0.15) is 53.3 Å². The molecule has 0 saturated carbocycles. The quantitative estimate of drug-likeness (QED) is 0.0840. The van der Waals surface area contributed by atoms with Crippen LogP contribution in [-0.4, -0.2) is 69.1 Å². The number of nitriles is 1. The molecular weight excluding hydrogens is 731 g/mol. The summed E-state index contributed by atoms with van der Waals surface area (Å²) in [5, 5.41) is 17.9. The van der Waals surface area contributed by atoms with Gasteiger partial charge >= 0.3 is 25.7 Å². The van der Waals surface area contributed by atoms with Gasteiger partial charge in [-0.05, 0) is 69.3 Å². The summed E-state index contributed by atoms with van der Waals surface area (Å²) in [4.78, 5) is 44.3. The van der Waals surface area contributed by atoms with Crippen LogP contribution < -0.4 is 15.3 Å². The van der Waals surface area contributed by atoms with Crippen LogP contribution in [0.5, 0.6) is 5.75 Å². The van der Waals surface area contributed by atoms with Crippen molar-refractivity contribution in [2.24, 2.45) is 0 Å². The summed E-state index contributed by atoms with van der Waals surface area (Å²) in [5.74, 6) is -2.27. The number of esters is 3. The van der Waals surface area contributed by atoms with Crippen molar-refractivity contribution in [3.05, 3.63) is 126 Å². The number of hydrogen-bond acceptors (Lipinski definition) is 14. The van der Waals surface area contributed by atoms with E-state index in [4.69, 9.17) is 33.7 Å². The summed E-state index contributed by atoms with van der Waals surface area (Å²) in [5.41, 5.74) is 4.63. The van der Waals surface area contributed by atoms with E-state index in [-0.39, 0.29) is 28.4 Å². The monoisotopic (exact) mass is 768 g/mol. The zero-order valence-corrected chi connectivity index (χ0v) is 30.8. The molecule has 1 saturated heterocycles. The van der Waals surface area contributed by atoms with Crippen molar-refractivity contribution in [1.82, 2.24) is 19.7 Å². The molecule has 17 heteroatoms. The Labute approximate surface area is 315 Å². The van der Waals surface area contributed by atoms with Crippen molar-refractivity contribution in [3.8, 4) is 11.8 Å². The van der Waals surface area contributed by atoms with E-state index < -0.39 is 68.3 Å². The summed E-state index contributed by atoms with van der Waals surface area (Å²) in [6, 6.07) is 27.9. The highest BCUT2D eigenvalue weighted by molar-refractivity contribution is 7.52. The SMILES string of the molecule is CC(C)OC(=O)[C@H](C)N[P@](=O)(OC[C@@]1(C#N)O[C@@H](c2ccc3c(N)ncnn23)[C@H](OC(=O)c2ccccc2)[C@@H]1OC(=O)c1ccccc1)Oc1ccccc1. The average Bonchev–Trinajstić information content (AvgIpc) is 3.74. The van der Waals surface area contributed by atoms with Crippen LogP contribution in [0.25, 0.3) is 5.52 Å². The lowest BCUT2D eigenvalue weighted by molar-refractivity contribution is -0.149. The van der Waals surface area contributed by atoms with Gasteiger partial charge in [-0.1, -0.05) is 54.6 Å². The van der Waals surface area contributed by atoms with Gasteiger partial charge in [0.15, 0.2) is 18.0 Å². The van der Waals surface area contributed by atoms with E-state index in [1.807, 2.05) is 6.07 Å². The first-order valence-corrected chi connectivity index (χ1v) is 18.6. The van der Waals surface area contributed by atoms with Crippen LogP contribution >= 0.6 is 7.75 Å². The topological polar surface area (TPSA) is 216 Å². The maximum Gasteiger partial charge on any atom is 0.459 e. The number of hydrogen-bond donors (Lipinski definition) is 2. The fourth-order valence-electron chi connectivity index (χ4n) is 5.76. The maximum atomic E-state index is 14.6. The van der Waals surface area contributed by atoms with Crippen LogP contribution in [0.3, 0.4) is 0 Å². The van der Waals surface area contributed by atoms with Crippen LogP contribution in [-0.2, 0) is 32.8 Å². The molecule has 5 aromatic rings. The Morgan fingerprint density at radius 2 is 1.53 bits per heavy atom. The number of nitrogens with two attached hydrogens (primary N) is 1. The molecular formula is C38H37N6O10P. The smallest absolute Gasteiger partial charge is 0.459 e. The minimum Gasteiger partial charge on any atom is -0.462 e. The molecule has 0 unspecified atom stereocenters. The average molecular weight is 769 g/mol. The molecule has 0 spiro atoms. The summed E-state index contributed by atoms with van der Waals surface area (Å²) >= 11 is 0. The normalized spacial score (nSPS) is 20.9. The first kappa shape index (κ1) is 38.6. The number of nitrogen functional groups attached to an aromatic ring is 1. The maximum absolute atomic E-state index is 14.6. The third kappa shape index (κ3) is 8.66. The molecule has 3 heterocycles. The molecule has 6 rings (SSSR count). The van der Waals surface area contributed by atoms with Gasteiger partial charge in [0.25, 0.3) is 0 Å². The first-order chi connectivity index (χ1) is 26.4. The van der Waals surface area contributed by atoms with Crippen LogP contribution in [0.4, 0.5) is 5.82 Å². The van der Waals surface area contributed by atoms with E-state index in [0.717, 1.165) is 0 Å². The molecule has 0 radical (unpaired) electrons. The van der Waals surface area contributed by atoms with Crippen LogP contribution in [0, 0.1) is 11.3 Å². The zero-order chi connectivity index (χ0) is 39.2. The van der Waals surface area contributed by atoms with E-state index in [9.17, 15) is 24.2 Å². The predicted octanol–water partition coefficient (Wildman–Crippen LogP) is 5.23. The van der Waals surface area contributed by atoms with Gasteiger partial charge in [-0.3, -0.25) is 9.32 Å². The highest BCUT2D eigenvalue weighted by Gasteiger charge is 2.62. The Morgan fingerprint density at radius 3 is 2.13 bits per heavy atom. The van der Waals surface area contributed by atoms with Crippen molar-refractivity contribution in [1.29, 1.82) is 5.26 Å². The highest BCUT2D eigenvalue weighted by Crippen LogP contribution is 2.50. The predicted molar refractivity (Wildman–Crippen MR) is 195 cm³/mol. The third-order valence-corrected chi connectivity index (χ3v) is 9.98. The van der Waals surface area contributed by atoms with Crippen LogP contribution in [0.2, 0.25) is 0 Å². The number of ether oxygens (including phenoxy) is 4. The van der Waals surface area contributed by atoms with Crippen molar-refractivity contribution in [2.75, 3.05) is 12.3 Å². The van der Waals surface area contributed by atoms with Gasteiger partial charge in [0.1, 0.15) is 42.4 Å². The second-order valence-electron chi connectivity index (χ2n) is 12.7. The molecule has 55 heavy (non-hydrogen) atoms. The Bertz CT molecular complexity index is 2230. The van der Waals surface area contributed by atoms with Gasteiger partial charge in [-0.15, -0.1) is 0 Å². The summed E-state index contributed by atoms with van der Waals surface area (Å²) in [7, 11) is -4.61. The van der Waals surface area contributed by atoms with Gasteiger partial charge in [0.05, 0.1) is 22.9 Å². The lowest BCUT2D eigenvalue weighted by Gasteiger charge is -2.30. The van der Waals surface area contributed by atoms with Gasteiger partial charge in [-0.25, -0.2) is 23.7 Å². The largest absolute Gasteiger partial charge is 0.462 e. The molecule has 1 fully saturated rings. The van der Waals surface area contributed by atoms with Crippen LogP contribution in [0.15, 0.2) is 109 Å². The number of fused-ring (bicyclic) bond motifs is 1. The van der Waals surface area contributed by atoms with E-state index in [1.165, 1.54) is 54.2 Å².